The highest BCUT2D eigenvalue weighted by molar-refractivity contribution is 14.1. The minimum atomic E-state index is -1.25. The van der Waals surface area contributed by atoms with Gasteiger partial charge >= 0.3 is 5.97 Å². The van der Waals surface area contributed by atoms with Crippen molar-refractivity contribution in [1.82, 2.24) is 5.48 Å². The van der Waals surface area contributed by atoms with E-state index in [1.165, 1.54) is 12.1 Å². The van der Waals surface area contributed by atoms with Crippen LogP contribution >= 0.6 is 22.6 Å². The van der Waals surface area contributed by atoms with Crippen LogP contribution in [0.3, 0.4) is 0 Å². The quantitative estimate of drug-likeness (QED) is 0.455. The second kappa shape index (κ2) is 6.26. The standard InChI is InChI=1S/C9H7IN2O6/c10-7-2-1-5(12(16)17)3-6(7)9(15)11-18-4-8(13)14/h1-3H,4H2,(H,11,15)(H,13,14). The fourth-order valence-corrected chi connectivity index (χ4v) is 1.60. The van der Waals surface area contributed by atoms with E-state index in [9.17, 15) is 19.7 Å². The van der Waals surface area contributed by atoms with Crippen LogP contribution in [0.15, 0.2) is 18.2 Å². The van der Waals surface area contributed by atoms with E-state index in [4.69, 9.17) is 5.11 Å². The molecule has 0 spiro atoms. The number of non-ortho nitro benzene ring substituents is 1. The molecule has 0 bridgehead atoms. The van der Waals surface area contributed by atoms with Gasteiger partial charge in [0.05, 0.1) is 10.5 Å². The molecule has 0 aliphatic heterocycles. The number of hydroxylamine groups is 1. The molecule has 1 rings (SSSR count). The maximum Gasteiger partial charge on any atom is 0.332 e. The molecule has 2 N–H and O–H groups in total. The molecule has 96 valence electrons. The van der Waals surface area contributed by atoms with Gasteiger partial charge in [0.25, 0.3) is 11.6 Å². The Hall–Kier alpha value is -1.75. The van der Waals surface area contributed by atoms with Crippen LogP contribution in [0.4, 0.5) is 5.69 Å². The summed E-state index contributed by atoms with van der Waals surface area (Å²) in [4.78, 5) is 36.0. The van der Waals surface area contributed by atoms with E-state index in [1.54, 1.807) is 0 Å². The average molecular weight is 366 g/mol. The van der Waals surface area contributed by atoms with E-state index in [0.29, 0.717) is 3.57 Å². The zero-order chi connectivity index (χ0) is 13.7. The van der Waals surface area contributed by atoms with Gasteiger partial charge in [0.1, 0.15) is 0 Å². The highest BCUT2D eigenvalue weighted by Gasteiger charge is 2.15. The number of nitrogens with zero attached hydrogens (tertiary/aromatic N) is 1. The summed E-state index contributed by atoms with van der Waals surface area (Å²) < 4.78 is 0.481. The first-order valence-electron chi connectivity index (χ1n) is 4.49. The number of carboxylic acids is 1. The van der Waals surface area contributed by atoms with Crippen molar-refractivity contribution in [3.8, 4) is 0 Å². The minimum Gasteiger partial charge on any atom is -0.479 e. The monoisotopic (exact) mass is 366 g/mol. The number of nitro benzene ring substituents is 1. The first-order chi connectivity index (χ1) is 8.41. The number of carbonyl (C=O) groups is 2. The topological polar surface area (TPSA) is 119 Å². The lowest BCUT2D eigenvalue weighted by Crippen LogP contribution is -2.27. The van der Waals surface area contributed by atoms with Crippen LogP contribution in [-0.2, 0) is 9.63 Å². The molecule has 9 heteroatoms. The normalized spacial score (nSPS) is 9.83. The summed E-state index contributed by atoms with van der Waals surface area (Å²) >= 11 is 1.83. The number of carbonyl (C=O) groups excluding carboxylic acids is 1. The van der Waals surface area contributed by atoms with Crippen molar-refractivity contribution < 1.29 is 24.5 Å². The molecule has 0 radical (unpaired) electrons. The molecule has 0 saturated heterocycles. The number of rotatable bonds is 5. The molecule has 18 heavy (non-hydrogen) atoms. The molecule has 0 aromatic heterocycles. The minimum absolute atomic E-state index is 0.0372. The molecule has 1 aromatic carbocycles. The lowest BCUT2D eigenvalue weighted by molar-refractivity contribution is -0.384. The summed E-state index contributed by atoms with van der Waals surface area (Å²) in [5, 5.41) is 18.9. The lowest BCUT2D eigenvalue weighted by Gasteiger charge is -2.05. The molecule has 0 aliphatic rings. The number of amides is 1. The van der Waals surface area contributed by atoms with Gasteiger partial charge in [-0.05, 0) is 28.7 Å². The Morgan fingerprint density at radius 1 is 1.50 bits per heavy atom. The Morgan fingerprint density at radius 3 is 2.72 bits per heavy atom. The highest BCUT2D eigenvalue weighted by Crippen LogP contribution is 2.19. The number of halogens is 1. The summed E-state index contributed by atoms with van der Waals surface area (Å²) in [5.41, 5.74) is 1.69. The molecule has 0 aliphatic carbocycles. The molecule has 8 nitrogen and oxygen atoms in total. The van der Waals surface area contributed by atoms with Crippen molar-refractivity contribution in [1.29, 1.82) is 0 Å². The first-order valence-corrected chi connectivity index (χ1v) is 5.57. The van der Waals surface area contributed by atoms with Crippen LogP contribution in [0.5, 0.6) is 0 Å². The summed E-state index contributed by atoms with van der Waals surface area (Å²) in [7, 11) is 0. The van der Waals surface area contributed by atoms with Gasteiger partial charge in [-0.2, -0.15) is 0 Å². The van der Waals surface area contributed by atoms with Gasteiger partial charge in [-0.1, -0.05) is 0 Å². The average Bonchev–Trinajstić information content (AvgIpc) is 2.28. The van der Waals surface area contributed by atoms with Crippen molar-refractivity contribution in [3.63, 3.8) is 0 Å². The third-order valence-electron chi connectivity index (χ3n) is 1.77. The zero-order valence-electron chi connectivity index (χ0n) is 8.75. The van der Waals surface area contributed by atoms with Crippen molar-refractivity contribution >= 4 is 40.2 Å². The Labute approximate surface area is 114 Å². The fourth-order valence-electron chi connectivity index (χ4n) is 1.02. The number of hydrogen-bond acceptors (Lipinski definition) is 5. The molecular weight excluding hydrogens is 359 g/mol. The van der Waals surface area contributed by atoms with Crippen LogP contribution in [0.2, 0.25) is 0 Å². The maximum atomic E-state index is 11.6. The van der Waals surface area contributed by atoms with Crippen LogP contribution in [-0.4, -0.2) is 28.5 Å². The summed E-state index contributed by atoms with van der Waals surface area (Å²) in [6.45, 7) is -0.697. The Morgan fingerprint density at radius 2 is 2.17 bits per heavy atom. The number of nitrogens with one attached hydrogen (secondary N) is 1. The van der Waals surface area contributed by atoms with E-state index >= 15 is 0 Å². The van der Waals surface area contributed by atoms with Crippen molar-refractivity contribution in [2.24, 2.45) is 0 Å². The zero-order valence-corrected chi connectivity index (χ0v) is 10.9. The first kappa shape index (κ1) is 14.3. The summed E-state index contributed by atoms with van der Waals surface area (Å²) in [6.07, 6.45) is 0. The molecule has 0 unspecified atom stereocenters. The van der Waals surface area contributed by atoms with E-state index < -0.39 is 23.4 Å². The van der Waals surface area contributed by atoms with Gasteiger partial charge in [-0.25, -0.2) is 10.3 Å². The Bertz CT molecular complexity index is 504. The molecule has 0 fully saturated rings. The molecule has 1 aromatic rings. The van der Waals surface area contributed by atoms with Gasteiger partial charge in [0.15, 0.2) is 6.61 Å². The highest BCUT2D eigenvalue weighted by atomic mass is 127. The molecule has 0 saturated carbocycles. The smallest absolute Gasteiger partial charge is 0.332 e. The van der Waals surface area contributed by atoms with Crippen LogP contribution < -0.4 is 5.48 Å². The van der Waals surface area contributed by atoms with Crippen molar-refractivity contribution in [2.45, 2.75) is 0 Å². The van der Waals surface area contributed by atoms with Gasteiger partial charge in [-0.3, -0.25) is 19.7 Å². The Kier molecular flexibility index (Phi) is 4.97. The van der Waals surface area contributed by atoms with Gasteiger partial charge in [0, 0.05) is 15.7 Å². The second-order valence-electron chi connectivity index (χ2n) is 3.03. The number of hydrogen-bond donors (Lipinski definition) is 2. The maximum absolute atomic E-state index is 11.6. The van der Waals surface area contributed by atoms with E-state index in [2.05, 4.69) is 4.84 Å². The van der Waals surface area contributed by atoms with Crippen molar-refractivity contribution in [3.05, 3.63) is 37.4 Å². The lowest BCUT2D eigenvalue weighted by atomic mass is 10.2. The van der Waals surface area contributed by atoms with E-state index in [1.807, 2.05) is 28.1 Å². The molecular formula is C9H7IN2O6. The molecule has 0 heterocycles. The van der Waals surface area contributed by atoms with Gasteiger partial charge < -0.3 is 5.11 Å². The second-order valence-corrected chi connectivity index (χ2v) is 4.20. The van der Waals surface area contributed by atoms with Crippen LogP contribution in [0.25, 0.3) is 0 Å². The SMILES string of the molecule is O=C(O)CONC(=O)c1cc([N+](=O)[O-])ccc1I. The van der Waals surface area contributed by atoms with Crippen LogP contribution in [0.1, 0.15) is 10.4 Å². The Balaban J connectivity index is 2.81. The molecule has 1 amide bonds. The fraction of sp³-hybridized carbons (Fsp3) is 0.111. The number of carboxylic acid groups (broad SMARTS) is 1. The number of aliphatic carboxylic acids is 1. The third-order valence-corrected chi connectivity index (χ3v) is 2.71. The summed E-state index contributed by atoms with van der Waals surface area (Å²) in [6, 6.07) is 3.75. The van der Waals surface area contributed by atoms with Gasteiger partial charge in [0.2, 0.25) is 0 Å². The predicted octanol–water partition coefficient (Wildman–Crippen LogP) is 0.945. The van der Waals surface area contributed by atoms with E-state index in [-0.39, 0.29) is 11.3 Å². The van der Waals surface area contributed by atoms with Crippen LogP contribution in [0, 0.1) is 13.7 Å². The summed E-state index contributed by atoms with van der Waals surface area (Å²) in [5.74, 6) is -1.99. The largest absolute Gasteiger partial charge is 0.479 e. The third kappa shape index (κ3) is 3.92. The van der Waals surface area contributed by atoms with E-state index in [0.717, 1.165) is 6.07 Å². The van der Waals surface area contributed by atoms with Gasteiger partial charge in [-0.15, -0.1) is 0 Å². The number of nitro groups is 1. The van der Waals surface area contributed by atoms with Crippen molar-refractivity contribution in [2.75, 3.05) is 6.61 Å². The number of benzene rings is 1. The molecule has 0 atom stereocenters. The predicted molar refractivity (Wildman–Crippen MR) is 66.9 cm³/mol.